The van der Waals surface area contributed by atoms with E-state index in [2.05, 4.69) is 18.5 Å². The summed E-state index contributed by atoms with van der Waals surface area (Å²) in [4.78, 5) is 0. The first-order valence-electron chi connectivity index (χ1n) is 9.76. The summed E-state index contributed by atoms with van der Waals surface area (Å²) in [6.45, 7) is 4.31. The highest BCUT2D eigenvalue weighted by atomic mass is 19.1. The van der Waals surface area contributed by atoms with Crippen LogP contribution < -0.4 is 4.65 Å². The third kappa shape index (κ3) is 10.1. The molecule has 0 spiro atoms. The first-order chi connectivity index (χ1) is 13.1. The van der Waals surface area contributed by atoms with E-state index in [-0.39, 0.29) is 11.6 Å². The normalized spacial score (nSPS) is 10.1. The Morgan fingerprint density at radius 1 is 0.852 bits per heavy atom. The van der Waals surface area contributed by atoms with Crippen molar-refractivity contribution in [1.29, 1.82) is 0 Å². The molecule has 0 heterocycles. The van der Waals surface area contributed by atoms with Gasteiger partial charge in [0.2, 0.25) is 0 Å². The number of rotatable bonds is 10. The molecule has 0 aliphatic rings. The highest BCUT2D eigenvalue weighted by Crippen LogP contribution is 2.19. The van der Waals surface area contributed by atoms with Crippen LogP contribution in [0.5, 0.6) is 5.75 Å². The van der Waals surface area contributed by atoms with Crippen LogP contribution in [-0.2, 0) is 12.8 Å². The Bertz CT molecular complexity index is 650. The van der Waals surface area contributed by atoms with Crippen molar-refractivity contribution in [1.82, 2.24) is 0 Å². The van der Waals surface area contributed by atoms with Gasteiger partial charge in [0.25, 0.3) is 0 Å². The average Bonchev–Trinajstić information content (AvgIpc) is 2.65. The van der Waals surface area contributed by atoms with E-state index < -0.39 is 5.82 Å². The van der Waals surface area contributed by atoms with Crippen LogP contribution in [-0.4, -0.2) is 12.7 Å². The van der Waals surface area contributed by atoms with Crippen molar-refractivity contribution >= 4 is 7.69 Å². The predicted octanol–water partition coefficient (Wildman–Crippen LogP) is 6.02. The van der Waals surface area contributed by atoms with Crippen LogP contribution in [0.4, 0.5) is 8.78 Å². The lowest BCUT2D eigenvalue weighted by atomic mass is 10.1. The van der Waals surface area contributed by atoms with E-state index in [1.807, 2.05) is 12.1 Å². The Kier molecular flexibility index (Phi) is 12.2. The van der Waals surface area contributed by atoms with Crippen molar-refractivity contribution in [2.24, 2.45) is 0 Å². The Labute approximate surface area is 162 Å². The fraction of sp³-hybridized carbons (Fsp3) is 0.455. The van der Waals surface area contributed by atoms with Crippen molar-refractivity contribution < 1.29 is 18.5 Å². The van der Waals surface area contributed by atoms with Gasteiger partial charge in [0.05, 0.1) is 0 Å². The minimum absolute atomic E-state index is 0.0525. The maximum absolute atomic E-state index is 13.3. The lowest BCUT2D eigenvalue weighted by Gasteiger charge is -2.05. The fourth-order valence-electron chi connectivity index (χ4n) is 2.70. The zero-order valence-electron chi connectivity index (χ0n) is 16.4. The van der Waals surface area contributed by atoms with E-state index in [1.165, 1.54) is 37.5 Å². The minimum Gasteiger partial charge on any atom is -0.535 e. The van der Waals surface area contributed by atoms with Crippen molar-refractivity contribution in [3.63, 3.8) is 0 Å². The second-order valence-electron chi connectivity index (χ2n) is 6.53. The number of hydrogen-bond donors (Lipinski definition) is 1. The molecule has 0 aromatic heterocycles. The first-order valence-corrected chi connectivity index (χ1v) is 9.76. The molecule has 0 saturated heterocycles. The Hall–Kier alpha value is -1.88. The summed E-state index contributed by atoms with van der Waals surface area (Å²) >= 11 is 0. The van der Waals surface area contributed by atoms with E-state index in [0.29, 0.717) is 7.69 Å². The van der Waals surface area contributed by atoms with Gasteiger partial charge in [-0.3, -0.25) is 0 Å². The minimum atomic E-state index is -0.436. The van der Waals surface area contributed by atoms with Gasteiger partial charge in [0, 0.05) is 0 Å². The maximum atomic E-state index is 13.3. The molecule has 0 saturated carbocycles. The van der Waals surface area contributed by atoms with Gasteiger partial charge in [0.15, 0.2) is 5.82 Å². The van der Waals surface area contributed by atoms with Crippen LogP contribution >= 0.6 is 0 Å². The molecule has 0 amide bonds. The van der Waals surface area contributed by atoms with Gasteiger partial charge in [-0.15, -0.1) is 0 Å². The second-order valence-corrected chi connectivity index (χ2v) is 6.53. The van der Waals surface area contributed by atoms with Gasteiger partial charge < -0.3 is 9.68 Å². The molecular formula is C22H30BF2O2. The molecular weight excluding hydrogens is 345 g/mol. The largest absolute Gasteiger partial charge is 0.569 e. The summed E-state index contributed by atoms with van der Waals surface area (Å²) in [5, 5.41) is 8.37. The van der Waals surface area contributed by atoms with Crippen molar-refractivity contribution in [3.8, 4) is 5.75 Å². The van der Waals surface area contributed by atoms with Crippen LogP contribution in [0, 0.1) is 11.6 Å². The fourth-order valence-corrected chi connectivity index (χ4v) is 2.70. The summed E-state index contributed by atoms with van der Waals surface area (Å²) in [6.07, 6.45) is 8.89. The average molecular weight is 375 g/mol. The van der Waals surface area contributed by atoms with Gasteiger partial charge in [-0.05, 0) is 61.1 Å². The van der Waals surface area contributed by atoms with Crippen LogP contribution in [0.3, 0.4) is 0 Å². The van der Waals surface area contributed by atoms with Crippen LogP contribution in [0.25, 0.3) is 0 Å². The third-order valence-electron chi connectivity index (χ3n) is 4.20. The summed E-state index contributed by atoms with van der Waals surface area (Å²) in [7, 11) is 0.481. The van der Waals surface area contributed by atoms with E-state index in [9.17, 15) is 8.78 Å². The van der Waals surface area contributed by atoms with Crippen LogP contribution in [0.2, 0.25) is 0 Å². The molecule has 0 atom stereocenters. The summed E-state index contributed by atoms with van der Waals surface area (Å²) < 4.78 is 30.5. The summed E-state index contributed by atoms with van der Waals surface area (Å²) in [5.74, 6) is -0.505. The molecule has 27 heavy (non-hydrogen) atoms. The van der Waals surface area contributed by atoms with Gasteiger partial charge in [-0.25, -0.2) is 8.78 Å². The highest BCUT2D eigenvalue weighted by molar-refractivity contribution is 6.17. The molecule has 0 aliphatic heterocycles. The molecule has 0 fully saturated rings. The monoisotopic (exact) mass is 375 g/mol. The molecule has 5 heteroatoms. The standard InChI is InChI=1S/C11H15BFO2.C11H15F/c1-2-3-4-5-9-6-7-11(15-12-14)10(13)8-9;1-2-3-4-6-10-7-5-8-11(12)9-10/h6-8,14H,2-5H2,1H3;5,7-9H,2-4,6H2,1H3. The van der Waals surface area contributed by atoms with Gasteiger partial charge in [-0.1, -0.05) is 57.7 Å². The second kappa shape index (κ2) is 14.2. The quantitative estimate of drug-likeness (QED) is 0.406. The summed E-state index contributed by atoms with van der Waals surface area (Å²) in [5.41, 5.74) is 2.08. The van der Waals surface area contributed by atoms with E-state index in [1.54, 1.807) is 12.1 Å². The molecule has 2 rings (SSSR count). The molecule has 147 valence electrons. The molecule has 1 radical (unpaired) electrons. The molecule has 0 bridgehead atoms. The number of aryl methyl sites for hydroxylation is 2. The predicted molar refractivity (Wildman–Crippen MR) is 108 cm³/mol. The molecule has 0 unspecified atom stereocenters. The van der Waals surface area contributed by atoms with Gasteiger partial charge >= 0.3 is 7.69 Å². The van der Waals surface area contributed by atoms with Crippen molar-refractivity contribution in [3.05, 3.63) is 65.2 Å². The van der Waals surface area contributed by atoms with Gasteiger partial charge in [0.1, 0.15) is 11.6 Å². The maximum Gasteiger partial charge on any atom is 0.569 e. The lowest BCUT2D eigenvalue weighted by Crippen LogP contribution is -2.02. The topological polar surface area (TPSA) is 29.5 Å². The zero-order chi connectivity index (χ0) is 19.9. The Balaban J connectivity index is 0.000000277. The van der Waals surface area contributed by atoms with Crippen molar-refractivity contribution in [2.45, 2.75) is 65.2 Å². The summed E-state index contributed by atoms with van der Waals surface area (Å²) in [6, 6.07) is 11.7. The molecule has 2 nitrogen and oxygen atoms in total. The van der Waals surface area contributed by atoms with E-state index in [4.69, 9.17) is 5.02 Å². The SMILES string of the molecule is CCCCCc1ccc(O[B]O)c(F)c1.CCCCCc1cccc(F)c1. The van der Waals surface area contributed by atoms with Crippen LogP contribution in [0.15, 0.2) is 42.5 Å². The zero-order valence-corrected chi connectivity index (χ0v) is 16.4. The third-order valence-corrected chi connectivity index (χ3v) is 4.20. The van der Waals surface area contributed by atoms with Crippen LogP contribution in [0.1, 0.15) is 63.5 Å². The first kappa shape index (κ1) is 23.2. The number of unbranched alkanes of at least 4 members (excludes halogenated alkanes) is 4. The van der Waals surface area contributed by atoms with Gasteiger partial charge in [-0.2, -0.15) is 0 Å². The molecule has 2 aromatic carbocycles. The Morgan fingerprint density at radius 3 is 2.00 bits per heavy atom. The molecule has 1 N–H and O–H groups in total. The smallest absolute Gasteiger partial charge is 0.535 e. The Morgan fingerprint density at radius 2 is 1.48 bits per heavy atom. The van der Waals surface area contributed by atoms with E-state index >= 15 is 0 Å². The molecule has 0 aliphatic carbocycles. The lowest BCUT2D eigenvalue weighted by molar-refractivity contribution is 0.431. The number of halogens is 2. The highest BCUT2D eigenvalue weighted by Gasteiger charge is 2.04. The van der Waals surface area contributed by atoms with Crippen molar-refractivity contribution in [2.75, 3.05) is 0 Å². The molecule has 2 aromatic rings. The number of benzene rings is 2. The van der Waals surface area contributed by atoms with E-state index in [0.717, 1.165) is 43.2 Å². The number of hydrogen-bond acceptors (Lipinski definition) is 2.